The van der Waals surface area contributed by atoms with E-state index < -0.39 is 0 Å². The van der Waals surface area contributed by atoms with E-state index in [1.165, 1.54) is 5.56 Å². The zero-order valence-electron chi connectivity index (χ0n) is 6.26. The van der Waals surface area contributed by atoms with Gasteiger partial charge in [-0.05, 0) is 24.6 Å². The number of nitrogens with one attached hydrogen (secondary N) is 1. The van der Waals surface area contributed by atoms with Crippen molar-refractivity contribution in [3.63, 3.8) is 0 Å². The van der Waals surface area contributed by atoms with Gasteiger partial charge in [-0.25, -0.2) is 0 Å². The molecule has 0 unspecified atom stereocenters. The van der Waals surface area contributed by atoms with Crippen LogP contribution in [0.1, 0.15) is 5.56 Å². The minimum absolute atomic E-state index is 0.0322. The van der Waals surface area contributed by atoms with Crippen LogP contribution < -0.4 is 5.32 Å². The summed E-state index contributed by atoms with van der Waals surface area (Å²) in [7, 11) is 0. The lowest BCUT2D eigenvalue weighted by molar-refractivity contribution is 0.325. The summed E-state index contributed by atoms with van der Waals surface area (Å²) in [5, 5.41) is 11.4. The fourth-order valence-electron chi connectivity index (χ4n) is 0.794. The first-order chi connectivity index (χ1) is 5.24. The number of benzene rings is 1. The largest absolute Gasteiger partial charge is 0.377 e. The maximum atomic E-state index is 8.55. The number of aliphatic hydroxyl groups is 1. The lowest BCUT2D eigenvalue weighted by Crippen LogP contribution is -1.98. The van der Waals surface area contributed by atoms with Gasteiger partial charge in [-0.2, -0.15) is 0 Å². The fraction of sp³-hybridized carbons (Fsp3) is 0.250. The Balaban J connectivity index is 2.86. The number of rotatable bonds is 2. The Bertz CT molecular complexity index is 250. The molecule has 0 atom stereocenters. The third kappa shape index (κ3) is 2.20. The average molecular weight is 216 g/mol. The Morgan fingerprint density at radius 3 is 2.82 bits per heavy atom. The molecule has 11 heavy (non-hydrogen) atoms. The molecule has 1 rings (SSSR count). The molecule has 1 aromatic rings. The van der Waals surface area contributed by atoms with Gasteiger partial charge < -0.3 is 10.4 Å². The SMILES string of the molecule is Cc1ccc(NCO)cc1Br. The van der Waals surface area contributed by atoms with E-state index in [9.17, 15) is 0 Å². The van der Waals surface area contributed by atoms with Gasteiger partial charge in [-0.1, -0.05) is 22.0 Å². The van der Waals surface area contributed by atoms with E-state index in [4.69, 9.17) is 5.11 Å². The van der Waals surface area contributed by atoms with Crippen LogP contribution in [0.2, 0.25) is 0 Å². The molecule has 3 heteroatoms. The second kappa shape index (κ2) is 3.74. The smallest absolute Gasteiger partial charge is 0.113 e. The van der Waals surface area contributed by atoms with Gasteiger partial charge in [-0.15, -0.1) is 0 Å². The molecule has 0 aromatic heterocycles. The standard InChI is InChI=1S/C8H10BrNO/c1-6-2-3-7(10-5-11)4-8(6)9/h2-4,10-11H,5H2,1H3. The highest BCUT2D eigenvalue weighted by Crippen LogP contribution is 2.20. The number of hydrogen-bond donors (Lipinski definition) is 2. The number of halogens is 1. The molecule has 0 aliphatic heterocycles. The van der Waals surface area contributed by atoms with E-state index in [1.807, 2.05) is 25.1 Å². The van der Waals surface area contributed by atoms with E-state index in [0.29, 0.717) is 0 Å². The van der Waals surface area contributed by atoms with Gasteiger partial charge in [0.15, 0.2) is 0 Å². The summed E-state index contributed by atoms with van der Waals surface area (Å²) < 4.78 is 1.05. The van der Waals surface area contributed by atoms with Crippen LogP contribution in [0.25, 0.3) is 0 Å². The maximum absolute atomic E-state index is 8.55. The van der Waals surface area contributed by atoms with E-state index >= 15 is 0 Å². The molecule has 2 nitrogen and oxygen atoms in total. The van der Waals surface area contributed by atoms with Crippen molar-refractivity contribution >= 4 is 21.6 Å². The molecule has 0 fully saturated rings. The van der Waals surface area contributed by atoms with Crippen LogP contribution in [-0.4, -0.2) is 11.8 Å². The number of hydrogen-bond acceptors (Lipinski definition) is 2. The zero-order valence-corrected chi connectivity index (χ0v) is 7.85. The molecule has 0 radical (unpaired) electrons. The molecule has 0 heterocycles. The van der Waals surface area contributed by atoms with E-state index in [1.54, 1.807) is 0 Å². The highest BCUT2D eigenvalue weighted by Gasteiger charge is 1.94. The molecule has 60 valence electrons. The second-order valence-corrected chi connectivity index (χ2v) is 3.15. The second-order valence-electron chi connectivity index (χ2n) is 2.30. The lowest BCUT2D eigenvalue weighted by atomic mass is 10.2. The average Bonchev–Trinajstić information content (AvgIpc) is 1.98. The molecule has 0 bridgehead atoms. The van der Waals surface area contributed by atoms with Gasteiger partial charge >= 0.3 is 0 Å². The molecular weight excluding hydrogens is 206 g/mol. The number of aliphatic hydroxyl groups excluding tert-OH is 1. The molecule has 1 aromatic carbocycles. The fourth-order valence-corrected chi connectivity index (χ4v) is 1.17. The van der Waals surface area contributed by atoms with Crippen LogP contribution in [0.3, 0.4) is 0 Å². The summed E-state index contributed by atoms with van der Waals surface area (Å²) in [5.41, 5.74) is 2.11. The molecule has 0 aliphatic rings. The predicted molar refractivity (Wildman–Crippen MR) is 49.6 cm³/mol. The van der Waals surface area contributed by atoms with Crippen LogP contribution in [0, 0.1) is 6.92 Å². The maximum Gasteiger partial charge on any atom is 0.113 e. The summed E-state index contributed by atoms with van der Waals surface area (Å²) in [6.45, 7) is 1.99. The number of aryl methyl sites for hydroxylation is 1. The van der Waals surface area contributed by atoms with Crippen molar-refractivity contribution in [1.82, 2.24) is 0 Å². The third-order valence-electron chi connectivity index (χ3n) is 1.46. The van der Waals surface area contributed by atoms with E-state index in [0.717, 1.165) is 10.2 Å². The summed E-state index contributed by atoms with van der Waals surface area (Å²) in [6, 6.07) is 5.85. The highest BCUT2D eigenvalue weighted by molar-refractivity contribution is 9.10. The predicted octanol–water partition coefficient (Wildman–Crippen LogP) is 2.12. The topological polar surface area (TPSA) is 32.3 Å². The van der Waals surface area contributed by atoms with Crippen LogP contribution >= 0.6 is 15.9 Å². The zero-order chi connectivity index (χ0) is 8.27. The van der Waals surface area contributed by atoms with Crippen molar-refractivity contribution in [1.29, 1.82) is 0 Å². The minimum Gasteiger partial charge on any atom is -0.377 e. The quantitative estimate of drug-likeness (QED) is 0.742. The third-order valence-corrected chi connectivity index (χ3v) is 2.31. The van der Waals surface area contributed by atoms with Crippen molar-refractivity contribution in [2.24, 2.45) is 0 Å². The van der Waals surface area contributed by atoms with Gasteiger partial charge in [0, 0.05) is 10.2 Å². The van der Waals surface area contributed by atoms with Crippen molar-refractivity contribution in [3.05, 3.63) is 28.2 Å². The molecule has 0 saturated heterocycles. The van der Waals surface area contributed by atoms with Gasteiger partial charge in [0.05, 0.1) is 0 Å². The molecule has 0 spiro atoms. The first kappa shape index (κ1) is 8.56. The Morgan fingerprint density at radius 1 is 1.55 bits per heavy atom. The summed E-state index contributed by atoms with van der Waals surface area (Å²) >= 11 is 3.39. The summed E-state index contributed by atoms with van der Waals surface area (Å²) in [6.07, 6.45) is 0. The Morgan fingerprint density at radius 2 is 2.27 bits per heavy atom. The molecular formula is C8H10BrNO. The number of anilines is 1. The van der Waals surface area contributed by atoms with Crippen LogP contribution in [0.5, 0.6) is 0 Å². The van der Waals surface area contributed by atoms with Crippen LogP contribution in [-0.2, 0) is 0 Å². The molecule has 2 N–H and O–H groups in total. The van der Waals surface area contributed by atoms with Crippen molar-refractivity contribution in [3.8, 4) is 0 Å². The Labute approximate surface area is 74.4 Å². The highest BCUT2D eigenvalue weighted by atomic mass is 79.9. The Kier molecular flexibility index (Phi) is 2.91. The van der Waals surface area contributed by atoms with Gasteiger partial charge in [0.25, 0.3) is 0 Å². The molecule has 0 saturated carbocycles. The van der Waals surface area contributed by atoms with Gasteiger partial charge in [0.2, 0.25) is 0 Å². The van der Waals surface area contributed by atoms with Crippen LogP contribution in [0.15, 0.2) is 22.7 Å². The van der Waals surface area contributed by atoms with Crippen molar-refractivity contribution in [2.45, 2.75) is 6.92 Å². The first-order valence-electron chi connectivity index (χ1n) is 3.35. The summed E-state index contributed by atoms with van der Waals surface area (Å²) in [5.74, 6) is 0. The van der Waals surface area contributed by atoms with Gasteiger partial charge in [-0.3, -0.25) is 0 Å². The molecule has 0 amide bonds. The molecule has 0 aliphatic carbocycles. The normalized spacial score (nSPS) is 9.73. The summed E-state index contributed by atoms with van der Waals surface area (Å²) in [4.78, 5) is 0. The van der Waals surface area contributed by atoms with Gasteiger partial charge in [0.1, 0.15) is 6.73 Å². The lowest BCUT2D eigenvalue weighted by Gasteiger charge is -2.03. The van der Waals surface area contributed by atoms with Crippen molar-refractivity contribution < 1.29 is 5.11 Å². The first-order valence-corrected chi connectivity index (χ1v) is 4.14. The monoisotopic (exact) mass is 215 g/mol. The van der Waals surface area contributed by atoms with Crippen molar-refractivity contribution in [2.75, 3.05) is 12.0 Å². The Hall–Kier alpha value is -0.540. The van der Waals surface area contributed by atoms with E-state index in [2.05, 4.69) is 21.2 Å². The van der Waals surface area contributed by atoms with E-state index in [-0.39, 0.29) is 6.73 Å². The van der Waals surface area contributed by atoms with Crippen LogP contribution in [0.4, 0.5) is 5.69 Å². The minimum atomic E-state index is -0.0322.